The molecule has 2 saturated heterocycles. The van der Waals surface area contributed by atoms with Crippen LogP contribution in [0, 0.1) is 5.41 Å². The molecule has 3 heterocycles. The number of rotatable bonds is 3. The van der Waals surface area contributed by atoms with Gasteiger partial charge in [-0.2, -0.15) is 13.2 Å². The van der Waals surface area contributed by atoms with Gasteiger partial charge < -0.3 is 14.5 Å². The lowest BCUT2D eigenvalue weighted by Crippen LogP contribution is -2.75. The highest BCUT2D eigenvalue weighted by Crippen LogP contribution is 2.48. The molecule has 0 bridgehead atoms. The minimum absolute atomic E-state index is 0.215. The zero-order valence-corrected chi connectivity index (χ0v) is 21.4. The Morgan fingerprint density at radius 1 is 0.925 bits per heavy atom. The van der Waals surface area contributed by atoms with Gasteiger partial charge >= 0.3 is 12.2 Å². The summed E-state index contributed by atoms with van der Waals surface area (Å²) in [6, 6.07) is 17.5. The number of hydrogen-bond acceptors (Lipinski definition) is 6. The largest absolute Gasteiger partial charge is 0.497 e. The van der Waals surface area contributed by atoms with Crippen molar-refractivity contribution in [2.45, 2.75) is 18.6 Å². The molecule has 0 aliphatic carbocycles. The van der Waals surface area contributed by atoms with Crippen molar-refractivity contribution in [1.82, 2.24) is 5.32 Å². The number of barbiturate groups is 1. The molecule has 0 saturated carbocycles. The standard InChI is InChI=1S/C29H25F3N4O4/c1-40-22-10-8-21(9-11-22)36-26(38)28(25(37)33-27(36)39)16-18-15-19(29(30,31)32)7-12-23(18)35-14-13-34(17-24(28)35)20-5-3-2-4-6-20/h2-12,15,24H,13-14,16-17H2,1H3,(H,33,37,39). The van der Waals surface area contributed by atoms with Crippen LogP contribution in [0.5, 0.6) is 5.75 Å². The number of nitrogens with one attached hydrogen (secondary N) is 1. The van der Waals surface area contributed by atoms with E-state index in [0.717, 1.165) is 22.7 Å². The topological polar surface area (TPSA) is 82.2 Å². The first kappa shape index (κ1) is 25.7. The zero-order valence-electron chi connectivity index (χ0n) is 21.4. The lowest BCUT2D eigenvalue weighted by atomic mass is 9.67. The summed E-state index contributed by atoms with van der Waals surface area (Å²) < 4.78 is 46.2. The van der Waals surface area contributed by atoms with E-state index in [1.807, 2.05) is 40.1 Å². The third-order valence-corrected chi connectivity index (χ3v) is 8.00. The van der Waals surface area contributed by atoms with Gasteiger partial charge in [-0.15, -0.1) is 0 Å². The van der Waals surface area contributed by atoms with Crippen molar-refractivity contribution in [2.24, 2.45) is 5.41 Å². The van der Waals surface area contributed by atoms with Crippen molar-refractivity contribution in [2.75, 3.05) is 41.4 Å². The lowest BCUT2D eigenvalue weighted by Gasteiger charge is -2.55. The fourth-order valence-corrected chi connectivity index (χ4v) is 6.04. The number of para-hydroxylation sites is 1. The summed E-state index contributed by atoms with van der Waals surface area (Å²) in [6.07, 6.45) is -4.89. The van der Waals surface area contributed by atoms with Crippen LogP contribution in [-0.4, -0.2) is 50.6 Å². The molecular weight excluding hydrogens is 525 g/mol. The Balaban J connectivity index is 1.49. The molecule has 40 heavy (non-hydrogen) atoms. The molecule has 3 aliphatic rings. The minimum atomic E-state index is -4.60. The second kappa shape index (κ2) is 9.29. The predicted octanol–water partition coefficient (Wildman–Crippen LogP) is 4.23. The first-order valence-electron chi connectivity index (χ1n) is 12.7. The van der Waals surface area contributed by atoms with Crippen molar-refractivity contribution in [1.29, 1.82) is 0 Å². The molecule has 0 radical (unpaired) electrons. The van der Waals surface area contributed by atoms with Crippen molar-refractivity contribution < 1.29 is 32.3 Å². The molecule has 206 valence electrons. The Kier molecular flexibility index (Phi) is 5.97. The zero-order chi connectivity index (χ0) is 28.2. The Hall–Kier alpha value is -4.54. The van der Waals surface area contributed by atoms with Crippen molar-refractivity contribution >= 4 is 34.9 Å². The summed E-state index contributed by atoms with van der Waals surface area (Å²) in [7, 11) is 1.48. The normalized spacial score (nSPS) is 22.6. The number of piperazine rings is 1. The average molecular weight is 551 g/mol. The number of anilines is 3. The summed E-state index contributed by atoms with van der Waals surface area (Å²) in [5, 5.41) is 2.34. The van der Waals surface area contributed by atoms with E-state index >= 15 is 0 Å². The number of nitrogens with zero attached hydrogens (tertiary/aromatic N) is 3. The second-order valence-corrected chi connectivity index (χ2v) is 10.1. The highest BCUT2D eigenvalue weighted by molar-refractivity contribution is 6.30. The summed E-state index contributed by atoms with van der Waals surface area (Å²) in [5.74, 6) is -1.10. The van der Waals surface area contributed by atoms with E-state index in [1.54, 1.807) is 12.1 Å². The number of methoxy groups -OCH3 is 1. The number of imide groups is 2. The van der Waals surface area contributed by atoms with Crippen molar-refractivity contribution in [3.8, 4) is 5.75 Å². The number of amides is 4. The van der Waals surface area contributed by atoms with Crippen LogP contribution in [0.25, 0.3) is 0 Å². The van der Waals surface area contributed by atoms with Crippen molar-refractivity contribution in [3.63, 3.8) is 0 Å². The van der Waals surface area contributed by atoms with Crippen LogP contribution in [0.3, 0.4) is 0 Å². The fraction of sp³-hybridized carbons (Fsp3) is 0.276. The number of carbonyl (C=O) groups is 3. The number of hydrogen-bond donors (Lipinski definition) is 1. The molecule has 3 aromatic carbocycles. The smallest absolute Gasteiger partial charge is 0.416 e. The van der Waals surface area contributed by atoms with Crippen LogP contribution in [0.1, 0.15) is 11.1 Å². The number of benzene rings is 3. The Bertz CT molecular complexity index is 1500. The van der Waals surface area contributed by atoms with Gasteiger partial charge in [0.05, 0.1) is 24.4 Å². The molecule has 11 heteroatoms. The molecule has 2 atom stereocenters. The number of fused-ring (bicyclic) bond motifs is 4. The number of ether oxygens (including phenoxy) is 1. The summed E-state index contributed by atoms with van der Waals surface area (Å²) >= 11 is 0. The van der Waals surface area contributed by atoms with Crippen LogP contribution < -0.4 is 24.8 Å². The Morgan fingerprint density at radius 3 is 2.33 bits per heavy atom. The minimum Gasteiger partial charge on any atom is -0.497 e. The van der Waals surface area contributed by atoms with Crippen LogP contribution in [0.15, 0.2) is 72.8 Å². The summed E-state index contributed by atoms with van der Waals surface area (Å²) in [6.45, 7) is 1.12. The van der Waals surface area contributed by atoms with Gasteiger partial charge in [0.2, 0.25) is 5.91 Å². The van der Waals surface area contributed by atoms with E-state index in [4.69, 9.17) is 4.74 Å². The van der Waals surface area contributed by atoms with Crippen LogP contribution in [0.2, 0.25) is 0 Å². The monoisotopic (exact) mass is 550 g/mol. The van der Waals surface area contributed by atoms with Gasteiger partial charge in [0.15, 0.2) is 5.41 Å². The molecule has 8 nitrogen and oxygen atoms in total. The number of carbonyl (C=O) groups excluding carboxylic acids is 3. The number of alkyl halides is 3. The SMILES string of the molecule is COc1ccc(N2C(=O)NC(=O)C3(Cc4cc(C(F)(F)F)ccc4N4CCN(c5ccccc5)CC43)C2=O)cc1. The maximum atomic E-state index is 14.4. The van der Waals surface area contributed by atoms with E-state index in [0.29, 0.717) is 24.5 Å². The third-order valence-electron chi connectivity index (χ3n) is 8.00. The van der Waals surface area contributed by atoms with Gasteiger partial charge in [0.25, 0.3) is 5.91 Å². The van der Waals surface area contributed by atoms with Gasteiger partial charge in [-0.25, -0.2) is 9.69 Å². The van der Waals surface area contributed by atoms with Gasteiger partial charge in [0.1, 0.15) is 5.75 Å². The molecule has 3 aromatic rings. The highest BCUT2D eigenvalue weighted by atomic mass is 19.4. The number of halogens is 3. The molecule has 1 N–H and O–H groups in total. The second-order valence-electron chi connectivity index (χ2n) is 10.1. The summed E-state index contributed by atoms with van der Waals surface area (Å²) in [4.78, 5) is 46.0. The van der Waals surface area contributed by atoms with E-state index in [9.17, 15) is 27.6 Å². The van der Waals surface area contributed by atoms with Crippen molar-refractivity contribution in [3.05, 3.63) is 83.9 Å². The molecule has 2 fully saturated rings. The molecule has 3 aliphatic heterocycles. The highest BCUT2D eigenvalue weighted by Gasteiger charge is 2.63. The fourth-order valence-electron chi connectivity index (χ4n) is 6.04. The maximum absolute atomic E-state index is 14.4. The van der Waals surface area contributed by atoms with E-state index < -0.39 is 41.0 Å². The van der Waals surface area contributed by atoms with Gasteiger partial charge in [-0.1, -0.05) is 18.2 Å². The molecule has 1 spiro atoms. The molecule has 6 rings (SSSR count). The lowest BCUT2D eigenvalue weighted by molar-refractivity contribution is -0.144. The first-order chi connectivity index (χ1) is 19.1. The molecule has 0 aromatic heterocycles. The quantitative estimate of drug-likeness (QED) is 0.492. The molecular formula is C29H25F3N4O4. The third kappa shape index (κ3) is 3.95. The van der Waals surface area contributed by atoms with Crippen LogP contribution >= 0.6 is 0 Å². The van der Waals surface area contributed by atoms with E-state index in [2.05, 4.69) is 5.32 Å². The Morgan fingerprint density at radius 2 is 1.65 bits per heavy atom. The molecule has 4 amide bonds. The Labute approximate surface area is 227 Å². The van der Waals surface area contributed by atoms with Crippen LogP contribution in [0.4, 0.5) is 35.0 Å². The van der Waals surface area contributed by atoms with Gasteiger partial charge in [0, 0.05) is 31.0 Å². The number of urea groups is 1. The van der Waals surface area contributed by atoms with Crippen LogP contribution in [-0.2, 0) is 22.2 Å². The summed E-state index contributed by atoms with van der Waals surface area (Å²) in [5.41, 5.74) is -0.848. The first-order valence-corrected chi connectivity index (χ1v) is 12.7. The average Bonchev–Trinajstić information content (AvgIpc) is 2.95. The van der Waals surface area contributed by atoms with E-state index in [-0.39, 0.29) is 24.2 Å². The van der Waals surface area contributed by atoms with Gasteiger partial charge in [-0.3, -0.25) is 14.9 Å². The predicted molar refractivity (Wildman–Crippen MR) is 141 cm³/mol. The molecule has 2 unspecified atom stereocenters. The maximum Gasteiger partial charge on any atom is 0.416 e. The van der Waals surface area contributed by atoms with Gasteiger partial charge in [-0.05, 0) is 66.6 Å². The van der Waals surface area contributed by atoms with E-state index in [1.165, 1.54) is 25.3 Å².